The van der Waals surface area contributed by atoms with Gasteiger partial charge in [0.25, 0.3) is 0 Å². The third-order valence-electron chi connectivity index (χ3n) is 3.56. The van der Waals surface area contributed by atoms with Gasteiger partial charge in [-0.1, -0.05) is 29.8 Å². The Balaban J connectivity index is 2.17. The van der Waals surface area contributed by atoms with E-state index in [4.69, 9.17) is 0 Å². The summed E-state index contributed by atoms with van der Waals surface area (Å²) in [6.07, 6.45) is 1.23. The first-order chi connectivity index (χ1) is 6.88. The summed E-state index contributed by atoms with van der Waals surface area (Å²) < 4.78 is 0. The molecular formula is C13H15N. The van der Waals surface area contributed by atoms with Crippen LogP contribution in [0.1, 0.15) is 30.4 Å². The van der Waals surface area contributed by atoms with Gasteiger partial charge >= 0.3 is 0 Å². The lowest BCUT2D eigenvalue weighted by atomic mass is 9.91. The molecule has 1 saturated heterocycles. The number of nitrogens with one attached hydrogen (secondary N) is 1. The quantitative estimate of drug-likeness (QED) is 0.655. The number of fused-ring (bicyclic) bond motifs is 3. The molecule has 0 aromatic heterocycles. The van der Waals surface area contributed by atoms with Crippen molar-refractivity contribution >= 4 is 5.57 Å². The van der Waals surface area contributed by atoms with Crippen LogP contribution in [0.25, 0.3) is 5.57 Å². The fraction of sp³-hybridized carbons (Fsp3) is 0.385. The van der Waals surface area contributed by atoms with Gasteiger partial charge in [-0.3, -0.25) is 0 Å². The maximum atomic E-state index is 3.48. The smallest absolute Gasteiger partial charge is 0.0186 e. The van der Waals surface area contributed by atoms with E-state index in [1.165, 1.54) is 23.1 Å². The number of piperidine rings is 1. The highest BCUT2D eigenvalue weighted by molar-refractivity contribution is 5.77. The van der Waals surface area contributed by atoms with Crippen LogP contribution in [-0.2, 0) is 0 Å². The topological polar surface area (TPSA) is 12.0 Å². The number of hydrogen-bond acceptors (Lipinski definition) is 1. The van der Waals surface area contributed by atoms with Crippen LogP contribution >= 0.6 is 0 Å². The lowest BCUT2D eigenvalue weighted by molar-refractivity contribution is 0.563. The average Bonchev–Trinajstić information content (AvgIpc) is 2.55. The van der Waals surface area contributed by atoms with Crippen LogP contribution in [0.2, 0.25) is 0 Å². The lowest BCUT2D eigenvalue weighted by Gasteiger charge is -2.23. The van der Waals surface area contributed by atoms with Crippen molar-refractivity contribution in [2.75, 3.05) is 13.1 Å². The maximum Gasteiger partial charge on any atom is 0.0186 e. The Hall–Kier alpha value is -1.08. The molecule has 1 heteroatoms. The Kier molecular flexibility index (Phi) is 1.74. The third kappa shape index (κ3) is 0.992. The van der Waals surface area contributed by atoms with E-state index in [-0.39, 0.29) is 0 Å². The summed E-state index contributed by atoms with van der Waals surface area (Å²) in [6, 6.07) is 8.84. The minimum absolute atomic E-state index is 0.667. The standard InChI is InChI=1S/C13H15N/c1-9-10-4-2-3-5-12(10)13-8-14-7-6-11(9)13/h2-5,13-14H,6-8H2,1H3. The SMILES string of the molecule is CC1=C2CCNCC2c2ccccc21. The molecule has 1 aromatic carbocycles. The number of rotatable bonds is 0. The number of benzene rings is 1. The van der Waals surface area contributed by atoms with Crippen molar-refractivity contribution in [3.8, 4) is 0 Å². The Bertz CT molecular complexity index is 403. The van der Waals surface area contributed by atoms with Gasteiger partial charge in [-0.25, -0.2) is 0 Å². The second-order valence-electron chi connectivity index (χ2n) is 4.24. The van der Waals surface area contributed by atoms with Gasteiger partial charge in [-0.2, -0.15) is 0 Å². The van der Waals surface area contributed by atoms with Gasteiger partial charge < -0.3 is 5.32 Å². The fourth-order valence-electron chi connectivity index (χ4n) is 2.83. The van der Waals surface area contributed by atoms with E-state index in [1.807, 2.05) is 0 Å². The molecule has 1 heterocycles. The molecule has 0 radical (unpaired) electrons. The Morgan fingerprint density at radius 1 is 1.29 bits per heavy atom. The molecule has 14 heavy (non-hydrogen) atoms. The molecule has 1 fully saturated rings. The summed E-state index contributed by atoms with van der Waals surface area (Å²) in [7, 11) is 0. The van der Waals surface area contributed by atoms with Crippen molar-refractivity contribution in [1.82, 2.24) is 5.32 Å². The fourth-order valence-corrected chi connectivity index (χ4v) is 2.83. The molecule has 0 saturated carbocycles. The van der Waals surface area contributed by atoms with E-state index >= 15 is 0 Å². The van der Waals surface area contributed by atoms with Gasteiger partial charge in [0.15, 0.2) is 0 Å². The summed E-state index contributed by atoms with van der Waals surface area (Å²) in [5.74, 6) is 0.667. The summed E-state index contributed by atoms with van der Waals surface area (Å²) in [6.45, 7) is 4.56. The van der Waals surface area contributed by atoms with Crippen LogP contribution in [0, 0.1) is 0 Å². The van der Waals surface area contributed by atoms with Crippen LogP contribution in [0.5, 0.6) is 0 Å². The number of hydrogen-bond donors (Lipinski definition) is 1. The molecule has 1 nitrogen and oxygen atoms in total. The molecule has 72 valence electrons. The minimum Gasteiger partial charge on any atom is -0.315 e. The molecular weight excluding hydrogens is 170 g/mol. The Morgan fingerprint density at radius 2 is 2.14 bits per heavy atom. The Morgan fingerprint density at radius 3 is 3.07 bits per heavy atom. The van der Waals surface area contributed by atoms with Gasteiger partial charge in [0, 0.05) is 12.5 Å². The first-order valence-corrected chi connectivity index (χ1v) is 5.37. The zero-order valence-electron chi connectivity index (χ0n) is 8.51. The van der Waals surface area contributed by atoms with Gasteiger partial charge in [0.05, 0.1) is 0 Å². The molecule has 0 bridgehead atoms. The summed E-state index contributed by atoms with van der Waals surface area (Å²) in [5.41, 5.74) is 6.22. The molecule has 0 spiro atoms. The van der Waals surface area contributed by atoms with E-state index in [2.05, 4.69) is 36.5 Å². The highest BCUT2D eigenvalue weighted by Gasteiger charge is 2.29. The molecule has 1 unspecified atom stereocenters. The molecule has 1 aromatic rings. The van der Waals surface area contributed by atoms with Crippen LogP contribution in [0.4, 0.5) is 0 Å². The van der Waals surface area contributed by atoms with Crippen molar-refractivity contribution in [3.63, 3.8) is 0 Å². The van der Waals surface area contributed by atoms with E-state index in [0.29, 0.717) is 5.92 Å². The molecule has 1 N–H and O–H groups in total. The molecule has 1 aliphatic carbocycles. The van der Waals surface area contributed by atoms with E-state index < -0.39 is 0 Å². The Labute approximate surface area is 84.8 Å². The minimum atomic E-state index is 0.667. The van der Waals surface area contributed by atoms with Gasteiger partial charge in [0.2, 0.25) is 0 Å². The third-order valence-corrected chi connectivity index (χ3v) is 3.56. The van der Waals surface area contributed by atoms with Crippen LogP contribution in [0.3, 0.4) is 0 Å². The van der Waals surface area contributed by atoms with Crippen molar-refractivity contribution in [1.29, 1.82) is 0 Å². The zero-order valence-corrected chi connectivity index (χ0v) is 8.51. The lowest BCUT2D eigenvalue weighted by Crippen LogP contribution is -2.28. The van der Waals surface area contributed by atoms with Crippen molar-refractivity contribution < 1.29 is 0 Å². The molecule has 1 atom stereocenters. The van der Waals surface area contributed by atoms with Gasteiger partial charge in [0.1, 0.15) is 0 Å². The average molecular weight is 185 g/mol. The summed E-state index contributed by atoms with van der Waals surface area (Å²) in [4.78, 5) is 0. The van der Waals surface area contributed by atoms with E-state index in [9.17, 15) is 0 Å². The van der Waals surface area contributed by atoms with E-state index in [1.54, 1.807) is 5.57 Å². The van der Waals surface area contributed by atoms with Crippen molar-refractivity contribution in [2.24, 2.45) is 0 Å². The highest BCUT2D eigenvalue weighted by atomic mass is 14.9. The van der Waals surface area contributed by atoms with Crippen molar-refractivity contribution in [2.45, 2.75) is 19.3 Å². The molecule has 0 amide bonds. The first-order valence-electron chi connectivity index (χ1n) is 5.37. The zero-order chi connectivity index (χ0) is 9.54. The van der Waals surface area contributed by atoms with Crippen LogP contribution in [0.15, 0.2) is 29.8 Å². The molecule has 1 aliphatic heterocycles. The van der Waals surface area contributed by atoms with Crippen LogP contribution in [-0.4, -0.2) is 13.1 Å². The monoisotopic (exact) mass is 185 g/mol. The summed E-state index contributed by atoms with van der Waals surface area (Å²) >= 11 is 0. The van der Waals surface area contributed by atoms with Crippen molar-refractivity contribution in [3.05, 3.63) is 41.0 Å². The first kappa shape index (κ1) is 8.25. The van der Waals surface area contributed by atoms with E-state index in [0.717, 1.165) is 13.1 Å². The largest absolute Gasteiger partial charge is 0.315 e. The predicted molar refractivity (Wildman–Crippen MR) is 59.3 cm³/mol. The maximum absolute atomic E-state index is 3.48. The molecule has 3 rings (SSSR count). The highest BCUT2D eigenvalue weighted by Crippen LogP contribution is 2.43. The normalized spacial score (nSPS) is 24.8. The number of allylic oxidation sites excluding steroid dienone is 1. The predicted octanol–water partition coefficient (Wildman–Crippen LogP) is 2.55. The summed E-state index contributed by atoms with van der Waals surface area (Å²) in [5, 5.41) is 3.48. The molecule has 2 aliphatic rings. The van der Waals surface area contributed by atoms with Gasteiger partial charge in [-0.05, 0) is 36.6 Å². The second-order valence-corrected chi connectivity index (χ2v) is 4.24. The second kappa shape index (κ2) is 2.96. The van der Waals surface area contributed by atoms with Crippen LogP contribution < -0.4 is 5.32 Å². The van der Waals surface area contributed by atoms with Gasteiger partial charge in [-0.15, -0.1) is 0 Å².